The maximum Gasteiger partial charge on any atom is 0.164 e. The Labute approximate surface area is 649 Å². The number of fused-ring (bicyclic) bond motifs is 26. The molecule has 0 bridgehead atoms. The fourth-order valence-electron chi connectivity index (χ4n) is 18.9. The molecule has 112 heavy (non-hydrogen) atoms. The number of aromatic nitrogens is 6. The van der Waals surface area contributed by atoms with Crippen molar-refractivity contribution in [2.75, 3.05) is 0 Å². The molecule has 0 amide bonds. The van der Waals surface area contributed by atoms with Gasteiger partial charge in [0.15, 0.2) is 34.9 Å². The molecule has 520 valence electrons. The van der Waals surface area contributed by atoms with Gasteiger partial charge in [-0.05, 0) is 148 Å². The van der Waals surface area contributed by atoms with Gasteiger partial charge in [-0.1, -0.05) is 334 Å². The van der Waals surface area contributed by atoms with E-state index in [0.29, 0.717) is 34.9 Å². The first-order valence-electron chi connectivity index (χ1n) is 38.1. The summed E-state index contributed by atoms with van der Waals surface area (Å²) in [5.41, 5.74) is 32.0. The van der Waals surface area contributed by atoms with E-state index in [9.17, 15) is 0 Å². The van der Waals surface area contributed by atoms with Crippen LogP contribution in [0.4, 0.5) is 0 Å². The summed E-state index contributed by atoms with van der Waals surface area (Å²) in [6.45, 7) is 0. The summed E-state index contributed by atoms with van der Waals surface area (Å²) in [6, 6.07) is 134. The van der Waals surface area contributed by atoms with Crippen molar-refractivity contribution in [2.24, 2.45) is 0 Å². The second kappa shape index (κ2) is 25.1. The molecule has 8 heteroatoms. The number of hydrogen-bond acceptors (Lipinski definition) is 8. The van der Waals surface area contributed by atoms with Crippen LogP contribution in [-0.2, 0) is 10.8 Å². The van der Waals surface area contributed by atoms with Gasteiger partial charge >= 0.3 is 0 Å². The van der Waals surface area contributed by atoms with E-state index in [1.807, 2.05) is 121 Å². The van der Waals surface area contributed by atoms with Crippen LogP contribution in [0.2, 0.25) is 0 Å². The number of benzene rings is 16. The standard InChI is InChI=1S/C52H31N3O.C52H31N3S/c2*1-3-15-32(16-4-1)49-53-50(33-17-5-2-6-18-33)55-51(54-49)41-30-29-35(48-47(41)40-22-10-14-26-46(40)56-48)34-27-28-39-38-21-9-13-25-44(38)52(45(39)31-34)42-23-11-7-19-36(42)37-20-8-12-24-43(37)52/h2*1-31H. The quantitative estimate of drug-likeness (QED) is 0.150. The third kappa shape index (κ3) is 9.40. The minimum absolute atomic E-state index is 0.402. The molecule has 0 unspecified atom stereocenters. The van der Waals surface area contributed by atoms with Crippen molar-refractivity contribution >= 4 is 53.4 Å². The van der Waals surface area contributed by atoms with Crippen LogP contribution in [0.15, 0.2) is 381 Å². The van der Waals surface area contributed by atoms with Gasteiger partial charge in [0.1, 0.15) is 11.2 Å². The number of para-hydroxylation sites is 1. The summed E-state index contributed by atoms with van der Waals surface area (Å²) >= 11 is 1.84. The minimum atomic E-state index is -0.436. The van der Waals surface area contributed by atoms with Gasteiger partial charge in [-0.15, -0.1) is 11.3 Å². The van der Waals surface area contributed by atoms with Crippen LogP contribution in [0.1, 0.15) is 44.5 Å². The van der Waals surface area contributed by atoms with Gasteiger partial charge < -0.3 is 4.42 Å². The fraction of sp³-hybridized carbons (Fsp3) is 0.0192. The van der Waals surface area contributed by atoms with Gasteiger partial charge in [0.25, 0.3) is 0 Å². The Morgan fingerprint density at radius 2 is 0.500 bits per heavy atom. The SMILES string of the molecule is c1ccc(-c2nc(-c3ccccc3)nc(-c3ccc(-c4ccc5c(c4)C4(c6ccccc6-c6ccccc64)c4ccccc4-5)c4oc5ccccc5c34)n2)cc1.c1ccc(-c2nc(-c3ccccc3)nc(-c3ccc(-c4ccc5c(c4)C4(c6ccccc6-c6ccccc64)c4ccccc4-5)c4sc5ccccc5c34)n2)cc1. The zero-order valence-electron chi connectivity index (χ0n) is 60.3. The lowest BCUT2D eigenvalue weighted by molar-refractivity contribution is 0.670. The average Bonchev–Trinajstić information content (AvgIpc) is 1.52. The molecule has 20 aromatic rings. The Balaban J connectivity index is 0.000000134. The van der Waals surface area contributed by atoms with Gasteiger partial charge in [0.2, 0.25) is 0 Å². The highest BCUT2D eigenvalue weighted by atomic mass is 32.1. The summed E-state index contributed by atoms with van der Waals surface area (Å²) in [6.07, 6.45) is 0. The molecule has 24 rings (SSSR count). The van der Waals surface area contributed by atoms with Crippen LogP contribution in [-0.4, -0.2) is 29.9 Å². The van der Waals surface area contributed by atoms with Crippen molar-refractivity contribution in [1.29, 1.82) is 0 Å². The van der Waals surface area contributed by atoms with Gasteiger partial charge in [-0.3, -0.25) is 0 Å². The molecule has 7 nitrogen and oxygen atoms in total. The first-order valence-corrected chi connectivity index (χ1v) is 38.9. The van der Waals surface area contributed by atoms with E-state index in [-0.39, 0.29) is 0 Å². The zero-order chi connectivity index (χ0) is 73.6. The minimum Gasteiger partial charge on any atom is -0.455 e. The van der Waals surface area contributed by atoms with E-state index in [2.05, 4.69) is 267 Å². The molecule has 0 aliphatic heterocycles. The summed E-state index contributed by atoms with van der Waals surface area (Å²) < 4.78 is 9.33. The van der Waals surface area contributed by atoms with Gasteiger partial charge in [0, 0.05) is 69.9 Å². The molecule has 0 saturated heterocycles. The van der Waals surface area contributed by atoms with Crippen molar-refractivity contribution in [3.05, 3.63) is 421 Å². The van der Waals surface area contributed by atoms with Crippen molar-refractivity contribution in [3.8, 4) is 135 Å². The molecule has 0 saturated carbocycles. The second-order valence-electron chi connectivity index (χ2n) is 29.3. The molecule has 4 aliphatic rings. The molecule has 0 atom stereocenters. The maximum atomic E-state index is 6.87. The monoisotopic (exact) mass is 1440 g/mol. The topological polar surface area (TPSA) is 90.5 Å². The third-order valence-electron chi connectivity index (χ3n) is 23.5. The van der Waals surface area contributed by atoms with Crippen LogP contribution in [0.25, 0.3) is 177 Å². The predicted molar refractivity (Wildman–Crippen MR) is 456 cm³/mol. The molecular weight excluding hydrogens is 1380 g/mol. The van der Waals surface area contributed by atoms with Crippen LogP contribution in [0, 0.1) is 0 Å². The molecule has 0 N–H and O–H groups in total. The van der Waals surface area contributed by atoms with E-state index in [1.165, 1.54) is 120 Å². The van der Waals surface area contributed by atoms with Gasteiger partial charge in [0.05, 0.1) is 10.8 Å². The second-order valence-corrected chi connectivity index (χ2v) is 30.3. The van der Waals surface area contributed by atoms with Crippen molar-refractivity contribution < 1.29 is 4.42 Å². The normalized spacial score (nSPS) is 13.1. The molecule has 0 radical (unpaired) electrons. The highest BCUT2D eigenvalue weighted by molar-refractivity contribution is 7.26. The molecule has 4 aliphatic carbocycles. The molecule has 16 aromatic carbocycles. The summed E-state index contributed by atoms with van der Waals surface area (Å²) in [5.74, 6) is 3.84. The van der Waals surface area contributed by atoms with Crippen molar-refractivity contribution in [2.45, 2.75) is 10.8 Å². The van der Waals surface area contributed by atoms with Crippen LogP contribution in [0.5, 0.6) is 0 Å². The Morgan fingerprint density at radius 1 is 0.205 bits per heavy atom. The van der Waals surface area contributed by atoms with Gasteiger partial charge in [-0.25, -0.2) is 29.9 Å². The molecule has 0 fully saturated rings. The Kier molecular flexibility index (Phi) is 14.2. The number of furan rings is 1. The predicted octanol–water partition coefficient (Wildman–Crippen LogP) is 26.0. The largest absolute Gasteiger partial charge is 0.455 e. The molecule has 4 aromatic heterocycles. The van der Waals surface area contributed by atoms with Crippen molar-refractivity contribution in [3.63, 3.8) is 0 Å². The Morgan fingerprint density at radius 3 is 0.911 bits per heavy atom. The van der Waals surface area contributed by atoms with E-state index in [1.54, 1.807) is 0 Å². The highest BCUT2D eigenvalue weighted by Gasteiger charge is 2.53. The lowest BCUT2D eigenvalue weighted by atomic mass is 9.70. The smallest absolute Gasteiger partial charge is 0.164 e. The van der Waals surface area contributed by atoms with Crippen LogP contribution >= 0.6 is 11.3 Å². The summed E-state index contributed by atoms with van der Waals surface area (Å²) in [4.78, 5) is 30.6. The number of rotatable bonds is 8. The lowest BCUT2D eigenvalue weighted by Gasteiger charge is -2.30. The fourth-order valence-corrected chi connectivity index (χ4v) is 20.1. The first-order chi connectivity index (χ1) is 55.5. The number of thiophene rings is 1. The average molecular weight is 1440 g/mol. The third-order valence-corrected chi connectivity index (χ3v) is 24.8. The van der Waals surface area contributed by atoms with E-state index in [0.717, 1.165) is 66.4 Å². The summed E-state index contributed by atoms with van der Waals surface area (Å²) in [5, 5.41) is 4.38. The van der Waals surface area contributed by atoms with Crippen molar-refractivity contribution in [1.82, 2.24) is 29.9 Å². The lowest BCUT2D eigenvalue weighted by Crippen LogP contribution is -2.25. The first kappa shape index (κ1) is 63.6. The van der Waals surface area contributed by atoms with E-state index in [4.69, 9.17) is 34.3 Å². The van der Waals surface area contributed by atoms with Crippen LogP contribution < -0.4 is 0 Å². The highest BCUT2D eigenvalue weighted by Crippen LogP contribution is 2.65. The van der Waals surface area contributed by atoms with Crippen LogP contribution in [0.3, 0.4) is 0 Å². The summed E-state index contributed by atoms with van der Waals surface area (Å²) in [7, 11) is 0. The molecule has 2 spiro atoms. The molecule has 4 heterocycles. The Hall–Kier alpha value is -14.4. The zero-order valence-corrected chi connectivity index (χ0v) is 61.1. The maximum absolute atomic E-state index is 6.87. The van der Waals surface area contributed by atoms with E-state index >= 15 is 0 Å². The van der Waals surface area contributed by atoms with E-state index < -0.39 is 10.8 Å². The number of hydrogen-bond donors (Lipinski definition) is 0. The van der Waals surface area contributed by atoms with Gasteiger partial charge in [-0.2, -0.15) is 0 Å². The Bertz CT molecular complexity index is 6600. The number of nitrogens with zero attached hydrogens (tertiary/aromatic N) is 6. The molecular formula is C104H62N6OS.